The Morgan fingerprint density at radius 3 is 2.12 bits per heavy atom. The zero-order valence-electron chi connectivity index (χ0n) is 4.57. The minimum absolute atomic E-state index is 0.883. The van der Waals surface area contributed by atoms with Gasteiger partial charge in [0.1, 0.15) is 0 Å². The molecule has 0 rings (SSSR count). The van der Waals surface area contributed by atoms with Gasteiger partial charge in [-0.2, -0.15) is 5.06 Å². The first-order valence-electron chi connectivity index (χ1n) is 1.82. The van der Waals surface area contributed by atoms with Crippen molar-refractivity contribution in [3.63, 3.8) is 0 Å². The van der Waals surface area contributed by atoms with E-state index in [0.29, 0.717) is 0 Å². The lowest BCUT2D eigenvalue weighted by Gasteiger charge is -2.18. The van der Waals surface area contributed by atoms with Gasteiger partial charge in [-0.15, -0.1) is 0 Å². The predicted molar refractivity (Wildman–Crippen MR) is 24.6 cm³/mol. The van der Waals surface area contributed by atoms with Crippen LogP contribution in [0.5, 0.6) is 0 Å². The molecule has 1 atom stereocenters. The molecule has 1 unspecified atom stereocenters. The van der Waals surface area contributed by atoms with Gasteiger partial charge < -0.3 is 9.79 Å². The van der Waals surface area contributed by atoms with Crippen LogP contribution < -0.4 is 4.89 Å². The van der Waals surface area contributed by atoms with Gasteiger partial charge in [0.25, 0.3) is 7.82 Å². The maximum Gasteiger partial charge on any atom is 0.282 e. The first kappa shape index (κ1) is 8.07. The minimum atomic E-state index is -4.55. The first-order valence-corrected chi connectivity index (χ1v) is 3.32. The van der Waals surface area contributed by atoms with Crippen molar-refractivity contribution < 1.29 is 19.0 Å². The third-order valence-corrected chi connectivity index (χ3v) is 0.799. The number of rotatable bonds is 2. The van der Waals surface area contributed by atoms with Crippen molar-refractivity contribution in [3.8, 4) is 0 Å². The summed E-state index contributed by atoms with van der Waals surface area (Å²) in [7, 11) is -1.85. The van der Waals surface area contributed by atoms with Gasteiger partial charge in [-0.25, -0.2) is 4.62 Å². The number of phosphoric acid groups is 1. The molecule has 0 saturated carbocycles. The van der Waals surface area contributed by atoms with Crippen LogP contribution in [0.3, 0.4) is 0 Å². The fourth-order valence-corrected chi connectivity index (χ4v) is 0.619. The predicted octanol–water partition coefficient (Wildman–Crippen LogP) is -1.06. The van der Waals surface area contributed by atoms with E-state index >= 15 is 0 Å². The molecular formula is C2H7NO4P-. The molecule has 0 aliphatic heterocycles. The summed E-state index contributed by atoms with van der Waals surface area (Å²) in [5, 5.41) is 0.883. The summed E-state index contributed by atoms with van der Waals surface area (Å²) in [5.41, 5.74) is 0. The van der Waals surface area contributed by atoms with E-state index in [1.165, 1.54) is 14.1 Å². The molecule has 0 fully saturated rings. The number of hydrogen-bond acceptors (Lipinski definition) is 4. The molecule has 0 aromatic rings. The van der Waals surface area contributed by atoms with Crippen molar-refractivity contribution in [2.24, 2.45) is 0 Å². The Hall–Kier alpha value is 0.0700. The zero-order chi connectivity index (χ0) is 6.78. The Morgan fingerprint density at radius 2 is 2.12 bits per heavy atom. The molecule has 0 aliphatic carbocycles. The normalized spacial score (nSPS) is 18.6. The smallest absolute Gasteiger partial charge is 0.282 e. The van der Waals surface area contributed by atoms with Gasteiger partial charge in [0.05, 0.1) is 0 Å². The zero-order valence-corrected chi connectivity index (χ0v) is 5.46. The topological polar surface area (TPSA) is 72.8 Å². The molecule has 0 aliphatic rings. The van der Waals surface area contributed by atoms with Gasteiger partial charge in [-0.3, -0.25) is 4.57 Å². The standard InChI is InChI=1S/C2H8NO4P/c1-3(2)7-8(4,5)6/h1-2H3,(H2,4,5,6)/p-1. The van der Waals surface area contributed by atoms with Crippen LogP contribution in [0.1, 0.15) is 0 Å². The lowest BCUT2D eigenvalue weighted by Crippen LogP contribution is -2.15. The molecule has 6 heteroatoms. The fraction of sp³-hybridized carbons (Fsp3) is 1.00. The van der Waals surface area contributed by atoms with Gasteiger partial charge >= 0.3 is 0 Å². The average molecular weight is 140 g/mol. The highest BCUT2D eigenvalue weighted by Crippen LogP contribution is 2.30. The minimum Gasteiger partial charge on any atom is -0.755 e. The molecule has 0 bridgehead atoms. The van der Waals surface area contributed by atoms with Crippen molar-refractivity contribution in [3.05, 3.63) is 0 Å². The molecule has 0 radical (unpaired) electrons. The number of nitrogens with zero attached hydrogens (tertiary/aromatic N) is 1. The Kier molecular flexibility index (Phi) is 2.59. The lowest BCUT2D eigenvalue weighted by molar-refractivity contribution is -0.243. The molecule has 0 aromatic heterocycles. The van der Waals surface area contributed by atoms with Crippen LogP contribution in [-0.4, -0.2) is 24.1 Å². The second kappa shape index (κ2) is 2.57. The Labute approximate surface area is 47.1 Å². The molecule has 0 amide bonds. The van der Waals surface area contributed by atoms with Crippen LogP contribution in [-0.2, 0) is 9.19 Å². The van der Waals surface area contributed by atoms with E-state index in [-0.39, 0.29) is 0 Å². The molecule has 1 N–H and O–H groups in total. The van der Waals surface area contributed by atoms with Crippen LogP contribution in [0, 0.1) is 0 Å². The van der Waals surface area contributed by atoms with E-state index < -0.39 is 7.82 Å². The molecule has 5 nitrogen and oxygen atoms in total. The van der Waals surface area contributed by atoms with E-state index in [4.69, 9.17) is 4.89 Å². The van der Waals surface area contributed by atoms with Crippen LogP contribution >= 0.6 is 7.82 Å². The van der Waals surface area contributed by atoms with E-state index in [1.807, 2.05) is 0 Å². The van der Waals surface area contributed by atoms with Gasteiger partial charge in [-0.05, 0) is 0 Å². The summed E-state index contributed by atoms with van der Waals surface area (Å²) in [4.78, 5) is 17.7. The van der Waals surface area contributed by atoms with Crippen molar-refractivity contribution >= 4 is 7.82 Å². The van der Waals surface area contributed by atoms with E-state index in [0.717, 1.165) is 5.06 Å². The van der Waals surface area contributed by atoms with E-state index in [1.54, 1.807) is 0 Å². The van der Waals surface area contributed by atoms with E-state index in [2.05, 4.69) is 4.62 Å². The van der Waals surface area contributed by atoms with Crippen LogP contribution in [0.25, 0.3) is 0 Å². The quantitative estimate of drug-likeness (QED) is 0.391. The summed E-state index contributed by atoms with van der Waals surface area (Å²) in [6.07, 6.45) is 0. The molecule has 0 aromatic carbocycles. The van der Waals surface area contributed by atoms with Crippen LogP contribution in [0.4, 0.5) is 0 Å². The summed E-state index contributed by atoms with van der Waals surface area (Å²) >= 11 is 0. The lowest BCUT2D eigenvalue weighted by atomic mass is 11.2. The maximum absolute atomic E-state index is 9.76. The third kappa shape index (κ3) is 6.07. The monoisotopic (exact) mass is 140 g/mol. The molecule has 0 heterocycles. The van der Waals surface area contributed by atoms with Gasteiger partial charge in [0, 0.05) is 14.1 Å². The number of hydroxylamine groups is 2. The van der Waals surface area contributed by atoms with Gasteiger partial charge in [-0.1, -0.05) is 0 Å². The van der Waals surface area contributed by atoms with Crippen LogP contribution in [0.2, 0.25) is 0 Å². The summed E-state index contributed by atoms with van der Waals surface area (Å²) in [6, 6.07) is 0. The Morgan fingerprint density at radius 1 is 1.75 bits per heavy atom. The van der Waals surface area contributed by atoms with Crippen molar-refractivity contribution in [1.82, 2.24) is 5.06 Å². The van der Waals surface area contributed by atoms with Gasteiger partial charge in [0.2, 0.25) is 0 Å². The summed E-state index contributed by atoms with van der Waals surface area (Å²) < 4.78 is 13.6. The van der Waals surface area contributed by atoms with Crippen molar-refractivity contribution in [2.45, 2.75) is 0 Å². The Bertz CT molecular complexity index is 107. The third-order valence-electron chi connectivity index (χ3n) is 0.266. The SMILES string of the molecule is CN(C)OP(=O)([O-])O. The molecule has 0 spiro atoms. The highest BCUT2D eigenvalue weighted by atomic mass is 31.2. The molecule has 0 saturated heterocycles. The fourth-order valence-electron chi connectivity index (χ4n) is 0.206. The van der Waals surface area contributed by atoms with Crippen molar-refractivity contribution in [1.29, 1.82) is 0 Å². The largest absolute Gasteiger partial charge is 0.755 e. The Balaban J connectivity index is 3.56. The molecule has 50 valence electrons. The molecular weight excluding hydrogens is 133 g/mol. The van der Waals surface area contributed by atoms with Crippen molar-refractivity contribution in [2.75, 3.05) is 14.1 Å². The summed E-state index contributed by atoms with van der Waals surface area (Å²) in [5.74, 6) is 0. The van der Waals surface area contributed by atoms with Crippen LogP contribution in [0.15, 0.2) is 0 Å². The molecule has 8 heavy (non-hydrogen) atoms. The second-order valence-corrected chi connectivity index (χ2v) is 2.46. The van der Waals surface area contributed by atoms with E-state index in [9.17, 15) is 9.46 Å². The van der Waals surface area contributed by atoms with Gasteiger partial charge in [0.15, 0.2) is 0 Å². The maximum atomic E-state index is 9.76. The first-order chi connectivity index (χ1) is 3.42. The average Bonchev–Trinajstić information content (AvgIpc) is 1.21. The second-order valence-electron chi connectivity index (χ2n) is 1.36. The highest BCUT2D eigenvalue weighted by molar-refractivity contribution is 7.44. The highest BCUT2D eigenvalue weighted by Gasteiger charge is 2.01. The summed E-state index contributed by atoms with van der Waals surface area (Å²) in [6.45, 7) is 0. The number of hydrogen-bond donors (Lipinski definition) is 1.